The van der Waals surface area contributed by atoms with Gasteiger partial charge in [0.1, 0.15) is 0 Å². The third-order valence-corrected chi connectivity index (χ3v) is 17.4. The molecule has 6 unspecified atom stereocenters. The highest BCUT2D eigenvalue weighted by atomic mass is 16.3. The van der Waals surface area contributed by atoms with E-state index in [4.69, 9.17) is 42.7 Å². The van der Waals surface area contributed by atoms with Crippen molar-refractivity contribution in [2.75, 3.05) is 73.6 Å². The average molecular weight is 1160 g/mol. The van der Waals surface area contributed by atoms with Gasteiger partial charge in [-0.05, 0) is 207 Å². The number of aliphatic hydroxyl groups excluding tert-OH is 5. The number of hydrogen-bond donors (Lipinski definition) is 11. The van der Waals surface area contributed by atoms with Crippen LogP contribution >= 0.6 is 0 Å². The normalized spacial score (nSPS) is 20.9. The fourth-order valence-corrected chi connectivity index (χ4v) is 11.1. The smallest absolute Gasteiger partial charge is 0.0664 e. The predicted octanol–water partition coefficient (Wildman–Crippen LogP) is 15.3. The van der Waals surface area contributed by atoms with E-state index in [1.165, 1.54) is 148 Å². The molecule has 0 aromatic rings. The highest BCUT2D eigenvalue weighted by Gasteiger charge is 2.41. The summed E-state index contributed by atoms with van der Waals surface area (Å²) in [6, 6.07) is 0. The van der Waals surface area contributed by atoms with Gasteiger partial charge in [0, 0.05) is 32.8 Å². The second-order valence-electron chi connectivity index (χ2n) is 28.4. The van der Waals surface area contributed by atoms with Crippen LogP contribution in [0.15, 0.2) is 0 Å². The van der Waals surface area contributed by atoms with Crippen molar-refractivity contribution in [3.05, 3.63) is 0 Å². The van der Waals surface area contributed by atoms with Gasteiger partial charge in [-0.2, -0.15) is 0 Å². The van der Waals surface area contributed by atoms with E-state index < -0.39 is 0 Å². The van der Waals surface area contributed by atoms with Gasteiger partial charge in [0.05, 0.1) is 18.3 Å². The first-order valence-electron chi connectivity index (χ1n) is 34.4. The Labute approximate surface area is 509 Å². The lowest BCUT2D eigenvalue weighted by Crippen LogP contribution is -2.26. The predicted molar refractivity (Wildman–Crippen MR) is 361 cm³/mol. The van der Waals surface area contributed by atoms with Crippen molar-refractivity contribution in [1.82, 2.24) is 16.0 Å². The molecule has 0 aliphatic heterocycles. The Kier molecular flexibility index (Phi) is 60.6. The molecule has 0 aromatic carbocycles. The number of nitrogens with two attached hydrogens (primary N) is 3. The second-order valence-corrected chi connectivity index (χ2v) is 28.4. The average Bonchev–Trinajstić information content (AvgIpc) is 4.40. The zero-order chi connectivity index (χ0) is 63.5. The van der Waals surface area contributed by atoms with Crippen LogP contribution < -0.4 is 33.2 Å². The van der Waals surface area contributed by atoms with Gasteiger partial charge in [0.15, 0.2) is 0 Å². The quantitative estimate of drug-likeness (QED) is 0.0339. The molecule has 11 heteroatoms. The van der Waals surface area contributed by atoms with Gasteiger partial charge in [-0.3, -0.25) is 0 Å². The molecule has 14 N–H and O–H groups in total. The lowest BCUT2D eigenvalue weighted by molar-refractivity contribution is 0.149. The molecular formula is C70H156N6O5. The summed E-state index contributed by atoms with van der Waals surface area (Å²) < 4.78 is 0. The molecule has 11 nitrogen and oxygen atoms in total. The summed E-state index contributed by atoms with van der Waals surface area (Å²) in [4.78, 5) is 0. The largest absolute Gasteiger partial charge is 0.396 e. The summed E-state index contributed by atoms with van der Waals surface area (Å²) in [6.07, 6.45) is 37.3. The maximum absolute atomic E-state index is 9.03. The molecule has 5 fully saturated rings. The SMILES string of the molecule is CCC1CCC(C)C1.CCC1CCC(O)C1.CCCC(C)(C)CN.CCCC(C)(C)CNC.CCCC(C)(C)CO.CCCC(O)CN.CCCC(O)CNC.CCCC1(CN)CC1.CCCC1(CNC)CC1.CCCC1(CO)CC1. The van der Waals surface area contributed by atoms with Crippen molar-refractivity contribution < 1.29 is 25.5 Å². The lowest BCUT2D eigenvalue weighted by Gasteiger charge is -2.22. The van der Waals surface area contributed by atoms with Crippen LogP contribution in [0.4, 0.5) is 0 Å². The molecule has 6 atom stereocenters. The van der Waals surface area contributed by atoms with Gasteiger partial charge in [0.2, 0.25) is 0 Å². The Morgan fingerprint density at radius 1 is 0.506 bits per heavy atom. The van der Waals surface area contributed by atoms with E-state index in [2.05, 4.69) is 134 Å². The van der Waals surface area contributed by atoms with E-state index in [1.54, 1.807) is 0 Å². The fourth-order valence-electron chi connectivity index (χ4n) is 11.1. The van der Waals surface area contributed by atoms with E-state index >= 15 is 0 Å². The summed E-state index contributed by atoms with van der Waals surface area (Å²) in [5, 5.41) is 53.6. The van der Waals surface area contributed by atoms with Crippen LogP contribution in [-0.4, -0.2) is 117 Å². The number of nitrogens with one attached hydrogen (secondary N) is 3. The highest BCUT2D eigenvalue weighted by molar-refractivity contribution is 4.94. The van der Waals surface area contributed by atoms with E-state index in [-0.39, 0.29) is 23.7 Å². The Balaban J connectivity index is -0.000000264. The third-order valence-electron chi connectivity index (χ3n) is 17.4. The van der Waals surface area contributed by atoms with E-state index in [0.29, 0.717) is 48.0 Å². The molecule has 5 aliphatic carbocycles. The molecule has 0 radical (unpaired) electrons. The molecule has 5 aliphatic rings. The summed E-state index contributed by atoms with van der Waals surface area (Å²) >= 11 is 0. The molecule has 5 rings (SSSR count). The summed E-state index contributed by atoms with van der Waals surface area (Å²) in [5.41, 5.74) is 18.9. The Bertz CT molecular complexity index is 1170. The van der Waals surface area contributed by atoms with Crippen molar-refractivity contribution in [3.63, 3.8) is 0 Å². The third kappa shape index (κ3) is 57.1. The number of aliphatic hydroxyl groups is 5. The van der Waals surface area contributed by atoms with Crippen LogP contribution in [0.3, 0.4) is 0 Å². The van der Waals surface area contributed by atoms with Crippen molar-refractivity contribution in [3.8, 4) is 0 Å². The minimum absolute atomic E-state index is 0.0277. The Morgan fingerprint density at radius 3 is 1.16 bits per heavy atom. The van der Waals surface area contributed by atoms with Gasteiger partial charge in [-0.15, -0.1) is 0 Å². The van der Waals surface area contributed by atoms with Crippen LogP contribution in [0, 0.1) is 50.2 Å². The number of likely N-dealkylation sites (N-methyl/N-ethyl adjacent to an activating group) is 1. The molecule has 0 saturated heterocycles. The first-order valence-corrected chi connectivity index (χ1v) is 34.4. The fraction of sp³-hybridized carbons (Fsp3) is 1.00. The van der Waals surface area contributed by atoms with Gasteiger partial charge in [-0.25, -0.2) is 0 Å². The number of hydrogen-bond acceptors (Lipinski definition) is 11. The van der Waals surface area contributed by atoms with Crippen molar-refractivity contribution in [2.24, 2.45) is 67.4 Å². The van der Waals surface area contributed by atoms with Crippen molar-refractivity contribution in [2.45, 2.75) is 329 Å². The first kappa shape index (κ1) is 89.3. The van der Waals surface area contributed by atoms with Gasteiger partial charge in [-0.1, -0.05) is 195 Å². The van der Waals surface area contributed by atoms with Crippen LogP contribution in [-0.2, 0) is 0 Å². The van der Waals surface area contributed by atoms with E-state index in [0.717, 1.165) is 94.2 Å². The summed E-state index contributed by atoms with van der Waals surface area (Å²) in [7, 11) is 5.91. The summed E-state index contributed by atoms with van der Waals surface area (Å²) in [6.45, 7) is 43.3. The molecule has 81 heavy (non-hydrogen) atoms. The zero-order valence-electron chi connectivity index (χ0n) is 58.8. The van der Waals surface area contributed by atoms with Crippen LogP contribution in [0.5, 0.6) is 0 Å². The minimum atomic E-state index is -0.273. The van der Waals surface area contributed by atoms with Crippen LogP contribution in [0.25, 0.3) is 0 Å². The van der Waals surface area contributed by atoms with Crippen LogP contribution in [0.1, 0.15) is 310 Å². The highest BCUT2D eigenvalue weighted by Crippen LogP contribution is 2.50. The van der Waals surface area contributed by atoms with E-state index in [1.807, 2.05) is 21.0 Å². The maximum Gasteiger partial charge on any atom is 0.0664 e. The van der Waals surface area contributed by atoms with Gasteiger partial charge in [0.25, 0.3) is 0 Å². The molecule has 0 amide bonds. The molecule has 496 valence electrons. The lowest BCUT2D eigenvalue weighted by atomic mass is 9.88. The second kappa shape index (κ2) is 54.9. The maximum atomic E-state index is 9.03. The molecular weight excluding hydrogens is 1000 g/mol. The van der Waals surface area contributed by atoms with Gasteiger partial charge >= 0.3 is 0 Å². The van der Waals surface area contributed by atoms with Crippen molar-refractivity contribution in [1.29, 1.82) is 0 Å². The molecule has 0 aromatic heterocycles. The number of rotatable bonds is 29. The van der Waals surface area contributed by atoms with E-state index in [9.17, 15) is 0 Å². The standard InChI is InChI=1S/C8H17N.C8H19N.C8H16.C7H15N.C7H17N.2C7H14O.C7H16O.C6H15NO.C5H13NO/c1-3-4-8(5-6-8)7-9-2;1-5-6-8(2,3)7-9-4;1-3-8-5-4-7(2)6-8;1-2-3-7(6-8)4-5-7;1-4-5-7(2,3)6-8;1-2-6-3-4-7(8)5-6;1-2-3-7(6-8)4-5-7;1-4-5-7(2,3)6-8;1-3-4-6(8)5-7-2;1-2-3-5(7)4-6/h9H,3-7H2,1-2H3;9H,5-7H2,1-4H3;7-8H,3-6H2,1-2H3;2-6,8H2,1H3;4-6,8H2,1-3H3;6-8H,2-5H2,1H3;8H,2-6H2,1H3;8H,4-6H2,1-3H3;6-8H,3-5H2,1-2H3;5,7H,2-4,6H2,1H3. The Hall–Kier alpha value is -0.440. The van der Waals surface area contributed by atoms with Crippen molar-refractivity contribution >= 4 is 0 Å². The van der Waals surface area contributed by atoms with Gasteiger partial charge < -0.3 is 58.7 Å². The monoisotopic (exact) mass is 1160 g/mol. The minimum Gasteiger partial charge on any atom is -0.396 e. The topological polar surface area (TPSA) is 215 Å². The summed E-state index contributed by atoms with van der Waals surface area (Å²) in [5.74, 6) is 2.93. The molecule has 0 bridgehead atoms. The Morgan fingerprint density at radius 2 is 0.938 bits per heavy atom. The molecule has 5 saturated carbocycles. The molecule has 0 spiro atoms. The molecule has 0 heterocycles. The zero-order valence-corrected chi connectivity index (χ0v) is 58.8. The van der Waals surface area contributed by atoms with Crippen LogP contribution in [0.2, 0.25) is 0 Å². The first-order chi connectivity index (χ1) is 38.1.